The number of hydrogen-bond acceptors (Lipinski definition) is 2. The van der Waals surface area contributed by atoms with Crippen molar-refractivity contribution in [2.45, 2.75) is 12.6 Å². The molecule has 2 rings (SSSR count). The molecule has 1 aliphatic heterocycles. The first kappa shape index (κ1) is 9.95. The van der Waals surface area contributed by atoms with Gasteiger partial charge in [-0.25, -0.2) is 0 Å². The summed E-state index contributed by atoms with van der Waals surface area (Å²) in [5.41, 5.74) is -0.314. The second-order valence-electron chi connectivity index (χ2n) is 3.23. The maximum absolute atomic E-state index is 12.3. The Bertz CT molecular complexity index is 414. The Hall–Kier alpha value is -1.59. The first-order chi connectivity index (χ1) is 6.98. The van der Waals surface area contributed by atoms with Gasteiger partial charge in [0.2, 0.25) is 0 Å². The number of carbonyl (C=O) groups excluding carboxylic acids is 1. The first-order valence-electron chi connectivity index (χ1n) is 4.33. The normalized spacial score (nSPS) is 15.8. The van der Waals surface area contributed by atoms with Crippen molar-refractivity contribution in [1.29, 1.82) is 0 Å². The Labute approximate surface area is 83.3 Å². The van der Waals surface area contributed by atoms with Gasteiger partial charge in [-0.15, -0.1) is 0 Å². The largest absolute Gasteiger partial charge is 0.433 e. The van der Waals surface area contributed by atoms with Gasteiger partial charge in [-0.2, -0.15) is 13.2 Å². The van der Waals surface area contributed by atoms with E-state index in [1.807, 2.05) is 0 Å². The molecule has 6 heteroatoms. The molecule has 1 N–H and O–H groups in total. The van der Waals surface area contributed by atoms with Gasteiger partial charge in [0.15, 0.2) is 0 Å². The molecule has 0 unspecified atom stereocenters. The topological polar surface area (TPSA) is 42.0 Å². The first-order valence-corrected chi connectivity index (χ1v) is 4.33. The molecule has 0 saturated carbocycles. The number of halogens is 3. The van der Waals surface area contributed by atoms with Crippen LogP contribution in [0.1, 0.15) is 21.6 Å². The predicted octanol–water partition coefficient (Wildman–Crippen LogP) is 1.39. The predicted molar refractivity (Wildman–Crippen MR) is 45.3 cm³/mol. The van der Waals surface area contributed by atoms with Gasteiger partial charge in [-0.3, -0.25) is 9.78 Å². The minimum absolute atomic E-state index is 0.231. The van der Waals surface area contributed by atoms with Crippen LogP contribution in [0.5, 0.6) is 0 Å². The number of alkyl halides is 3. The number of nitrogens with one attached hydrogen (secondary N) is 1. The van der Waals surface area contributed by atoms with Crippen molar-refractivity contribution < 1.29 is 18.0 Å². The van der Waals surface area contributed by atoms with E-state index >= 15 is 0 Å². The maximum atomic E-state index is 12.3. The molecule has 0 atom stereocenters. The average Bonchev–Trinajstić information content (AvgIpc) is 2.16. The van der Waals surface area contributed by atoms with E-state index in [2.05, 4.69) is 10.3 Å². The number of amides is 1. The zero-order valence-corrected chi connectivity index (χ0v) is 7.56. The number of aromatic nitrogens is 1. The molecule has 0 saturated heterocycles. The zero-order chi connectivity index (χ0) is 11.1. The molecule has 0 aromatic carbocycles. The van der Waals surface area contributed by atoms with Gasteiger partial charge in [0, 0.05) is 12.7 Å². The van der Waals surface area contributed by atoms with Crippen molar-refractivity contribution in [2.24, 2.45) is 0 Å². The van der Waals surface area contributed by atoms with Crippen LogP contribution in [0.4, 0.5) is 13.2 Å². The Morgan fingerprint density at radius 3 is 2.80 bits per heavy atom. The van der Waals surface area contributed by atoms with Gasteiger partial charge in [-0.05, 0) is 18.1 Å². The van der Waals surface area contributed by atoms with Crippen LogP contribution in [0.25, 0.3) is 0 Å². The molecule has 80 valence electrons. The van der Waals surface area contributed by atoms with Crippen molar-refractivity contribution in [3.8, 4) is 0 Å². The third kappa shape index (κ3) is 1.79. The highest BCUT2D eigenvalue weighted by atomic mass is 19.4. The van der Waals surface area contributed by atoms with E-state index in [0.717, 1.165) is 12.3 Å². The third-order valence-electron chi connectivity index (χ3n) is 2.20. The lowest BCUT2D eigenvalue weighted by Gasteiger charge is -2.17. The summed E-state index contributed by atoms with van der Waals surface area (Å²) in [6.45, 7) is 0.368. The second-order valence-corrected chi connectivity index (χ2v) is 3.23. The van der Waals surface area contributed by atoms with E-state index in [9.17, 15) is 18.0 Å². The number of nitrogens with zero attached hydrogens (tertiary/aromatic N) is 1. The van der Waals surface area contributed by atoms with Crippen molar-refractivity contribution in [3.63, 3.8) is 0 Å². The maximum Gasteiger partial charge on any atom is 0.433 e. The Morgan fingerprint density at radius 2 is 2.13 bits per heavy atom. The summed E-state index contributed by atoms with van der Waals surface area (Å²) in [5.74, 6) is -0.363. The Morgan fingerprint density at radius 1 is 1.40 bits per heavy atom. The summed E-state index contributed by atoms with van der Waals surface area (Å²) < 4.78 is 36.9. The van der Waals surface area contributed by atoms with Crippen LogP contribution >= 0.6 is 0 Å². The lowest BCUT2D eigenvalue weighted by Crippen LogP contribution is -2.32. The van der Waals surface area contributed by atoms with Crippen LogP contribution in [-0.2, 0) is 12.6 Å². The highest BCUT2D eigenvalue weighted by Gasteiger charge is 2.33. The lowest BCUT2D eigenvalue weighted by atomic mass is 10.0. The zero-order valence-electron chi connectivity index (χ0n) is 7.56. The van der Waals surface area contributed by atoms with Gasteiger partial charge in [0.1, 0.15) is 5.69 Å². The summed E-state index contributed by atoms with van der Waals surface area (Å²) in [7, 11) is 0. The van der Waals surface area contributed by atoms with Crippen molar-refractivity contribution in [1.82, 2.24) is 10.3 Å². The summed E-state index contributed by atoms with van der Waals surface area (Å²) in [4.78, 5) is 14.4. The minimum atomic E-state index is -4.46. The molecule has 3 nitrogen and oxygen atoms in total. The molecular weight excluding hydrogens is 209 g/mol. The highest BCUT2D eigenvalue weighted by molar-refractivity contribution is 5.96. The minimum Gasteiger partial charge on any atom is -0.352 e. The van der Waals surface area contributed by atoms with Crippen molar-refractivity contribution >= 4 is 5.91 Å². The number of pyridine rings is 1. The lowest BCUT2D eigenvalue weighted by molar-refractivity contribution is -0.141. The number of carbonyl (C=O) groups is 1. The third-order valence-corrected chi connectivity index (χ3v) is 2.20. The van der Waals surface area contributed by atoms with Gasteiger partial charge in [-0.1, -0.05) is 0 Å². The second kappa shape index (κ2) is 3.22. The molecule has 0 fully saturated rings. The summed E-state index contributed by atoms with van der Waals surface area (Å²) >= 11 is 0. The fraction of sp³-hybridized carbons (Fsp3) is 0.333. The van der Waals surface area contributed by atoms with Crippen molar-refractivity contribution in [3.05, 3.63) is 29.1 Å². The standard InChI is InChI=1S/C9H7F3N2O/c10-9(11,12)7-3-5-1-2-13-8(15)6(5)4-14-7/h3-4H,1-2H2,(H,13,15). The number of fused-ring (bicyclic) bond motifs is 1. The van der Waals surface area contributed by atoms with E-state index in [1.165, 1.54) is 0 Å². The van der Waals surface area contributed by atoms with Crippen molar-refractivity contribution in [2.75, 3.05) is 6.54 Å². The fourth-order valence-electron chi connectivity index (χ4n) is 1.47. The van der Waals surface area contributed by atoms with Crippen LogP contribution in [0.2, 0.25) is 0 Å². The van der Waals surface area contributed by atoms with Gasteiger partial charge in [0.05, 0.1) is 5.56 Å². The highest BCUT2D eigenvalue weighted by Crippen LogP contribution is 2.29. The molecule has 0 radical (unpaired) electrons. The number of hydrogen-bond donors (Lipinski definition) is 1. The van der Waals surface area contributed by atoms with Gasteiger partial charge >= 0.3 is 6.18 Å². The van der Waals surface area contributed by atoms with Gasteiger partial charge < -0.3 is 5.32 Å². The number of rotatable bonds is 0. The molecule has 2 heterocycles. The molecule has 1 aliphatic rings. The smallest absolute Gasteiger partial charge is 0.352 e. The molecule has 1 amide bonds. The summed E-state index contributed by atoms with van der Waals surface area (Å²) in [6.07, 6.45) is -3.07. The molecule has 1 aromatic rings. The quantitative estimate of drug-likeness (QED) is 0.712. The Kier molecular flexibility index (Phi) is 2.13. The van der Waals surface area contributed by atoms with Crippen LogP contribution in [0.3, 0.4) is 0 Å². The molecule has 1 aromatic heterocycles. The summed E-state index contributed by atoms with van der Waals surface area (Å²) in [5, 5.41) is 2.54. The fourth-order valence-corrected chi connectivity index (χ4v) is 1.47. The monoisotopic (exact) mass is 216 g/mol. The van der Waals surface area contributed by atoms with Crippen LogP contribution in [-0.4, -0.2) is 17.4 Å². The molecular formula is C9H7F3N2O. The molecule has 15 heavy (non-hydrogen) atoms. The average molecular weight is 216 g/mol. The van der Waals surface area contributed by atoms with Crippen LogP contribution in [0, 0.1) is 0 Å². The molecule has 0 bridgehead atoms. The molecule has 0 spiro atoms. The van der Waals surface area contributed by atoms with E-state index in [1.54, 1.807) is 0 Å². The SMILES string of the molecule is O=C1NCCc2cc(C(F)(F)F)ncc21. The summed E-state index contributed by atoms with van der Waals surface area (Å²) in [6, 6.07) is 0.939. The van der Waals surface area contributed by atoms with E-state index in [0.29, 0.717) is 18.5 Å². The van der Waals surface area contributed by atoms with E-state index in [-0.39, 0.29) is 11.5 Å². The van der Waals surface area contributed by atoms with E-state index in [4.69, 9.17) is 0 Å². The van der Waals surface area contributed by atoms with Gasteiger partial charge in [0.25, 0.3) is 5.91 Å². The Balaban J connectivity index is 2.46. The molecule has 0 aliphatic carbocycles. The van der Waals surface area contributed by atoms with E-state index < -0.39 is 11.9 Å². The van der Waals surface area contributed by atoms with Crippen LogP contribution in [0.15, 0.2) is 12.3 Å². The van der Waals surface area contributed by atoms with Crippen LogP contribution < -0.4 is 5.32 Å².